The number of rotatable bonds is 5. The third-order valence-corrected chi connectivity index (χ3v) is 5.91. The highest BCUT2D eigenvalue weighted by Crippen LogP contribution is 2.33. The van der Waals surface area contributed by atoms with Gasteiger partial charge in [-0.2, -0.15) is 0 Å². The fourth-order valence-corrected chi connectivity index (χ4v) is 4.03. The number of hydrogen-bond acceptors (Lipinski definition) is 4. The Morgan fingerprint density at radius 1 is 1.29 bits per heavy atom. The summed E-state index contributed by atoms with van der Waals surface area (Å²) in [5, 5.41) is 12.0. The molecule has 1 aliphatic heterocycles. The topological polar surface area (TPSA) is 62.7 Å². The zero-order valence-corrected chi connectivity index (χ0v) is 17.3. The van der Waals surface area contributed by atoms with Crippen molar-refractivity contribution >= 4 is 29.1 Å². The molecule has 5 nitrogen and oxygen atoms in total. The summed E-state index contributed by atoms with van der Waals surface area (Å²) in [4.78, 5) is 19.0. The molecule has 2 unspecified atom stereocenters. The van der Waals surface area contributed by atoms with E-state index in [1.165, 1.54) is 0 Å². The van der Waals surface area contributed by atoms with Crippen molar-refractivity contribution < 1.29 is 14.6 Å². The predicted molar refractivity (Wildman–Crippen MR) is 110 cm³/mol. The summed E-state index contributed by atoms with van der Waals surface area (Å²) in [5.74, 6) is 0.538. The van der Waals surface area contributed by atoms with Crippen LogP contribution in [-0.2, 0) is 11.2 Å². The standard InChI is InChI=1S/C21H24Cl2N2O3/c1-28-19-8-9-24-13-15(19)21(27)18-5-3-2-4-10-25(18)20(26)12-14-6-7-16(22)17(23)11-14/h6-9,11,13,18,21,27H,2-5,10,12H2,1H3. The Labute approximate surface area is 175 Å². The molecule has 1 aromatic heterocycles. The first-order chi connectivity index (χ1) is 13.5. The fraction of sp³-hybridized carbons (Fsp3) is 0.429. The number of carbonyl (C=O) groups excluding carboxylic acids is 1. The second-order valence-corrected chi connectivity index (χ2v) is 7.81. The second-order valence-electron chi connectivity index (χ2n) is 6.99. The number of aliphatic hydroxyl groups is 1. The Kier molecular flexibility index (Phi) is 7.16. The molecule has 2 heterocycles. The van der Waals surface area contributed by atoms with Crippen LogP contribution in [-0.4, -0.2) is 40.6 Å². The number of aliphatic hydroxyl groups excluding tert-OH is 1. The van der Waals surface area contributed by atoms with Gasteiger partial charge in [-0.15, -0.1) is 0 Å². The maximum Gasteiger partial charge on any atom is 0.227 e. The quantitative estimate of drug-likeness (QED) is 0.772. The number of methoxy groups -OCH3 is 1. The summed E-state index contributed by atoms with van der Waals surface area (Å²) in [6.07, 6.45) is 6.22. The first kappa shape index (κ1) is 20.9. The van der Waals surface area contributed by atoms with E-state index < -0.39 is 6.10 Å². The molecule has 0 aliphatic carbocycles. The van der Waals surface area contributed by atoms with Gasteiger partial charge in [-0.3, -0.25) is 9.78 Å². The molecule has 1 N–H and O–H groups in total. The van der Waals surface area contributed by atoms with Crippen LogP contribution < -0.4 is 4.74 Å². The largest absolute Gasteiger partial charge is 0.496 e. The van der Waals surface area contributed by atoms with E-state index in [1.54, 1.807) is 48.7 Å². The lowest BCUT2D eigenvalue weighted by Crippen LogP contribution is -2.44. The van der Waals surface area contributed by atoms with Crippen molar-refractivity contribution in [2.75, 3.05) is 13.7 Å². The second kappa shape index (κ2) is 9.59. The average molecular weight is 423 g/mol. The lowest BCUT2D eigenvalue weighted by molar-refractivity contribution is -0.135. The molecule has 150 valence electrons. The van der Waals surface area contributed by atoms with Gasteiger partial charge in [0.25, 0.3) is 0 Å². The van der Waals surface area contributed by atoms with Gasteiger partial charge in [0.1, 0.15) is 11.9 Å². The third kappa shape index (κ3) is 4.77. The zero-order valence-electron chi connectivity index (χ0n) is 15.8. The first-order valence-corrected chi connectivity index (χ1v) is 10.2. The molecule has 1 aromatic carbocycles. The molecule has 2 aromatic rings. The maximum atomic E-state index is 13.1. The normalized spacial score (nSPS) is 18.4. The Morgan fingerprint density at radius 3 is 2.86 bits per heavy atom. The minimum absolute atomic E-state index is 0.0350. The van der Waals surface area contributed by atoms with Crippen molar-refractivity contribution in [3.63, 3.8) is 0 Å². The number of pyridine rings is 1. The highest BCUT2D eigenvalue weighted by molar-refractivity contribution is 6.42. The van der Waals surface area contributed by atoms with Crippen molar-refractivity contribution in [2.45, 2.75) is 44.2 Å². The maximum absolute atomic E-state index is 13.1. The molecule has 0 saturated carbocycles. The van der Waals surface area contributed by atoms with Gasteiger partial charge in [0.05, 0.1) is 29.6 Å². The van der Waals surface area contributed by atoms with Crippen LogP contribution in [0.4, 0.5) is 0 Å². The Hall–Kier alpha value is -1.82. The van der Waals surface area contributed by atoms with Crippen molar-refractivity contribution in [2.24, 2.45) is 0 Å². The Balaban J connectivity index is 1.83. The Bertz CT molecular complexity index is 831. The van der Waals surface area contributed by atoms with Crippen LogP contribution in [0.1, 0.15) is 42.9 Å². The van der Waals surface area contributed by atoms with E-state index in [4.69, 9.17) is 27.9 Å². The number of carbonyl (C=O) groups is 1. The molecule has 2 atom stereocenters. The van der Waals surface area contributed by atoms with E-state index in [1.807, 2.05) is 0 Å². The van der Waals surface area contributed by atoms with E-state index in [2.05, 4.69) is 4.98 Å². The molecule has 1 saturated heterocycles. The number of halogens is 2. The number of benzene rings is 1. The van der Waals surface area contributed by atoms with Crippen LogP contribution in [0.2, 0.25) is 10.0 Å². The van der Waals surface area contributed by atoms with Crippen LogP contribution in [0.15, 0.2) is 36.7 Å². The number of likely N-dealkylation sites (tertiary alicyclic amines) is 1. The smallest absolute Gasteiger partial charge is 0.227 e. The van der Waals surface area contributed by atoms with Gasteiger partial charge in [0.2, 0.25) is 5.91 Å². The summed E-state index contributed by atoms with van der Waals surface area (Å²) >= 11 is 12.1. The van der Waals surface area contributed by atoms with Crippen LogP contribution in [0, 0.1) is 0 Å². The lowest BCUT2D eigenvalue weighted by atomic mass is 9.97. The molecule has 1 aliphatic rings. The van der Waals surface area contributed by atoms with Gasteiger partial charge < -0.3 is 14.7 Å². The highest BCUT2D eigenvalue weighted by atomic mass is 35.5. The molecule has 0 bridgehead atoms. The molecule has 7 heteroatoms. The molecular formula is C21H24Cl2N2O3. The molecule has 1 amide bonds. The van der Waals surface area contributed by atoms with Gasteiger partial charge in [-0.25, -0.2) is 0 Å². The SMILES string of the molecule is COc1ccncc1C(O)C1CCCCCN1C(=O)Cc1ccc(Cl)c(Cl)c1. The van der Waals surface area contributed by atoms with Gasteiger partial charge in [-0.1, -0.05) is 42.1 Å². The molecule has 1 fully saturated rings. The van der Waals surface area contributed by atoms with E-state index in [9.17, 15) is 9.90 Å². The van der Waals surface area contributed by atoms with Crippen LogP contribution >= 0.6 is 23.2 Å². The molecule has 0 radical (unpaired) electrons. The highest BCUT2D eigenvalue weighted by Gasteiger charge is 2.33. The van der Waals surface area contributed by atoms with E-state index in [0.717, 1.165) is 31.2 Å². The third-order valence-electron chi connectivity index (χ3n) is 5.17. The van der Waals surface area contributed by atoms with Crippen molar-refractivity contribution in [3.8, 4) is 5.75 Å². The van der Waals surface area contributed by atoms with E-state index in [-0.39, 0.29) is 18.4 Å². The van der Waals surface area contributed by atoms with E-state index >= 15 is 0 Å². The monoisotopic (exact) mass is 422 g/mol. The summed E-state index contributed by atoms with van der Waals surface area (Å²) in [5.41, 5.74) is 1.40. The van der Waals surface area contributed by atoms with Gasteiger partial charge >= 0.3 is 0 Å². The first-order valence-electron chi connectivity index (χ1n) is 9.40. The number of nitrogens with zero attached hydrogens (tertiary/aromatic N) is 2. The van der Waals surface area contributed by atoms with Crippen LogP contribution in [0.3, 0.4) is 0 Å². The summed E-state index contributed by atoms with van der Waals surface area (Å²) < 4.78 is 5.37. The average Bonchev–Trinajstić information content (AvgIpc) is 2.96. The molecule has 0 spiro atoms. The Morgan fingerprint density at radius 2 is 2.11 bits per heavy atom. The lowest BCUT2D eigenvalue weighted by Gasteiger charge is -2.34. The van der Waals surface area contributed by atoms with Crippen LogP contribution in [0.25, 0.3) is 0 Å². The summed E-state index contributed by atoms with van der Waals surface area (Å²) in [6.45, 7) is 0.616. The zero-order chi connectivity index (χ0) is 20.1. The summed E-state index contributed by atoms with van der Waals surface area (Å²) in [6, 6.07) is 6.61. The van der Waals surface area contributed by atoms with E-state index in [0.29, 0.717) is 27.9 Å². The number of ether oxygens (including phenoxy) is 1. The fourth-order valence-electron chi connectivity index (χ4n) is 3.71. The van der Waals surface area contributed by atoms with Gasteiger partial charge in [0, 0.05) is 24.5 Å². The minimum Gasteiger partial charge on any atom is -0.496 e. The molecular weight excluding hydrogens is 399 g/mol. The predicted octanol–water partition coefficient (Wildman–Crippen LogP) is 4.44. The summed E-state index contributed by atoms with van der Waals surface area (Å²) in [7, 11) is 1.56. The van der Waals surface area contributed by atoms with Crippen molar-refractivity contribution in [3.05, 3.63) is 57.8 Å². The van der Waals surface area contributed by atoms with Crippen molar-refractivity contribution in [1.29, 1.82) is 0 Å². The van der Waals surface area contributed by atoms with Crippen molar-refractivity contribution in [1.82, 2.24) is 9.88 Å². The van der Waals surface area contributed by atoms with Crippen LogP contribution in [0.5, 0.6) is 5.75 Å². The number of aromatic nitrogens is 1. The number of hydrogen-bond donors (Lipinski definition) is 1. The van der Waals surface area contributed by atoms with Gasteiger partial charge in [0.15, 0.2) is 0 Å². The molecule has 3 rings (SSSR count). The van der Waals surface area contributed by atoms with Gasteiger partial charge in [-0.05, 0) is 36.6 Å². The molecule has 28 heavy (non-hydrogen) atoms. The number of amides is 1. The minimum atomic E-state index is -0.862.